The summed E-state index contributed by atoms with van der Waals surface area (Å²) in [6, 6.07) is 13.8. The highest BCUT2D eigenvalue weighted by Gasteiger charge is 2.14. The third-order valence-corrected chi connectivity index (χ3v) is 3.73. The van der Waals surface area contributed by atoms with Crippen molar-refractivity contribution >= 4 is 21.9 Å². The largest absolute Gasteiger partial charge is 0.465 e. The van der Waals surface area contributed by atoms with Crippen LogP contribution < -0.4 is 0 Å². The molecule has 98 valence electrons. The number of esters is 1. The van der Waals surface area contributed by atoms with Gasteiger partial charge in [0.25, 0.3) is 0 Å². The number of methoxy groups -OCH3 is 1. The van der Waals surface area contributed by atoms with Crippen LogP contribution >= 0.6 is 15.9 Å². The Morgan fingerprint density at radius 1 is 1.16 bits per heavy atom. The maximum atomic E-state index is 11.9. The van der Waals surface area contributed by atoms with Gasteiger partial charge in [-0.2, -0.15) is 0 Å². The van der Waals surface area contributed by atoms with Gasteiger partial charge in [0.1, 0.15) is 0 Å². The predicted molar refractivity (Wildman–Crippen MR) is 80.6 cm³/mol. The number of hydrogen-bond donors (Lipinski definition) is 0. The Kier molecular flexibility index (Phi) is 4.38. The molecule has 19 heavy (non-hydrogen) atoms. The van der Waals surface area contributed by atoms with Gasteiger partial charge in [0, 0.05) is 5.33 Å². The summed E-state index contributed by atoms with van der Waals surface area (Å²) in [4.78, 5) is 11.9. The van der Waals surface area contributed by atoms with Crippen LogP contribution in [0.4, 0.5) is 0 Å². The van der Waals surface area contributed by atoms with Crippen molar-refractivity contribution in [2.24, 2.45) is 0 Å². The van der Waals surface area contributed by atoms with Crippen molar-refractivity contribution < 1.29 is 9.53 Å². The van der Waals surface area contributed by atoms with Gasteiger partial charge in [0.2, 0.25) is 0 Å². The highest BCUT2D eigenvalue weighted by atomic mass is 79.9. The van der Waals surface area contributed by atoms with Crippen molar-refractivity contribution in [2.45, 2.75) is 12.3 Å². The quantitative estimate of drug-likeness (QED) is 0.621. The van der Waals surface area contributed by atoms with Gasteiger partial charge in [-0.25, -0.2) is 4.79 Å². The average molecular weight is 319 g/mol. The Morgan fingerprint density at radius 2 is 1.89 bits per heavy atom. The van der Waals surface area contributed by atoms with Crippen LogP contribution in [0.25, 0.3) is 11.1 Å². The topological polar surface area (TPSA) is 26.3 Å². The van der Waals surface area contributed by atoms with Gasteiger partial charge >= 0.3 is 5.97 Å². The third-order valence-electron chi connectivity index (χ3n) is 3.08. The first-order valence-electron chi connectivity index (χ1n) is 6.00. The molecule has 0 amide bonds. The number of aryl methyl sites for hydroxylation is 1. The smallest absolute Gasteiger partial charge is 0.338 e. The van der Waals surface area contributed by atoms with Crippen LogP contribution in [0.15, 0.2) is 42.5 Å². The Balaban J connectivity index is 2.65. The minimum Gasteiger partial charge on any atom is -0.465 e. The molecule has 2 nitrogen and oxygen atoms in total. The zero-order chi connectivity index (χ0) is 13.8. The van der Waals surface area contributed by atoms with Gasteiger partial charge in [0.15, 0.2) is 0 Å². The second-order valence-electron chi connectivity index (χ2n) is 4.32. The zero-order valence-electron chi connectivity index (χ0n) is 10.9. The lowest BCUT2D eigenvalue weighted by Gasteiger charge is -2.12. The molecule has 0 aliphatic rings. The van der Waals surface area contributed by atoms with Crippen LogP contribution in [0.1, 0.15) is 21.5 Å². The van der Waals surface area contributed by atoms with Gasteiger partial charge < -0.3 is 4.74 Å². The normalized spacial score (nSPS) is 10.3. The van der Waals surface area contributed by atoms with Gasteiger partial charge in [-0.05, 0) is 41.3 Å². The first-order chi connectivity index (χ1) is 9.17. The molecule has 0 aromatic heterocycles. The molecule has 2 aromatic rings. The summed E-state index contributed by atoms with van der Waals surface area (Å²) < 4.78 is 4.86. The molecule has 0 aliphatic heterocycles. The van der Waals surface area contributed by atoms with E-state index < -0.39 is 0 Å². The maximum Gasteiger partial charge on any atom is 0.338 e. The summed E-state index contributed by atoms with van der Waals surface area (Å²) in [6.45, 7) is 2.04. The first-order valence-corrected chi connectivity index (χ1v) is 7.12. The summed E-state index contributed by atoms with van der Waals surface area (Å²) in [6.07, 6.45) is 0. The molecular formula is C16H15BrO2. The van der Waals surface area contributed by atoms with Crippen LogP contribution in [0.2, 0.25) is 0 Å². The first kappa shape index (κ1) is 13.8. The van der Waals surface area contributed by atoms with Gasteiger partial charge in [-0.3, -0.25) is 0 Å². The van der Waals surface area contributed by atoms with E-state index >= 15 is 0 Å². The number of benzene rings is 2. The summed E-state index contributed by atoms with van der Waals surface area (Å²) >= 11 is 3.45. The maximum absolute atomic E-state index is 11.9. The number of carbonyl (C=O) groups excluding carboxylic acids is 1. The molecule has 3 heteroatoms. The molecule has 0 atom stereocenters. The highest BCUT2D eigenvalue weighted by Crippen LogP contribution is 2.29. The van der Waals surface area contributed by atoms with Crippen LogP contribution in [-0.4, -0.2) is 13.1 Å². The van der Waals surface area contributed by atoms with E-state index in [4.69, 9.17) is 4.74 Å². The molecule has 0 bridgehead atoms. The summed E-state index contributed by atoms with van der Waals surface area (Å²) in [5.41, 5.74) is 4.85. The summed E-state index contributed by atoms with van der Waals surface area (Å²) in [7, 11) is 1.41. The molecule has 0 saturated heterocycles. The molecule has 0 N–H and O–H groups in total. The lowest BCUT2D eigenvalue weighted by atomic mass is 9.94. The standard InChI is InChI=1S/C16H15BrO2/c1-11-5-3-4-6-13(11)15-9-12(10-17)7-8-14(15)16(18)19-2/h3-9H,10H2,1-2H3. The van der Waals surface area contributed by atoms with Crippen molar-refractivity contribution in [3.63, 3.8) is 0 Å². The molecule has 0 heterocycles. The van der Waals surface area contributed by atoms with Crippen LogP contribution in [-0.2, 0) is 10.1 Å². The van der Waals surface area contributed by atoms with E-state index in [1.54, 1.807) is 0 Å². The number of hydrogen-bond acceptors (Lipinski definition) is 2. The van der Waals surface area contributed by atoms with E-state index in [1.807, 2.05) is 49.4 Å². The molecule has 2 rings (SSSR count). The molecule has 0 fully saturated rings. The Hall–Kier alpha value is -1.61. The molecule has 0 aliphatic carbocycles. The Morgan fingerprint density at radius 3 is 2.53 bits per heavy atom. The van der Waals surface area contributed by atoms with Gasteiger partial charge in [-0.15, -0.1) is 0 Å². The number of ether oxygens (including phenoxy) is 1. The number of halogens is 1. The lowest BCUT2D eigenvalue weighted by molar-refractivity contribution is 0.0601. The molecule has 0 unspecified atom stereocenters. The molecule has 2 aromatic carbocycles. The van der Waals surface area contributed by atoms with Crippen molar-refractivity contribution in [3.8, 4) is 11.1 Å². The highest BCUT2D eigenvalue weighted by molar-refractivity contribution is 9.08. The number of rotatable bonds is 3. The second kappa shape index (κ2) is 6.02. The molecule has 0 radical (unpaired) electrons. The van der Waals surface area contributed by atoms with E-state index in [2.05, 4.69) is 15.9 Å². The SMILES string of the molecule is COC(=O)c1ccc(CBr)cc1-c1ccccc1C. The number of alkyl halides is 1. The van der Waals surface area contributed by atoms with E-state index in [9.17, 15) is 4.79 Å². The minimum absolute atomic E-state index is 0.306. The van der Waals surface area contributed by atoms with Gasteiger partial charge in [-0.1, -0.05) is 46.3 Å². The average Bonchev–Trinajstić information content (AvgIpc) is 2.46. The second-order valence-corrected chi connectivity index (χ2v) is 4.88. The van der Waals surface area contributed by atoms with Crippen LogP contribution in [0.3, 0.4) is 0 Å². The van der Waals surface area contributed by atoms with Crippen LogP contribution in [0, 0.1) is 6.92 Å². The van der Waals surface area contributed by atoms with Crippen LogP contribution in [0.5, 0.6) is 0 Å². The molecular weight excluding hydrogens is 304 g/mol. The third kappa shape index (κ3) is 2.87. The van der Waals surface area contributed by atoms with E-state index in [-0.39, 0.29) is 5.97 Å². The van der Waals surface area contributed by atoms with Crippen molar-refractivity contribution in [2.75, 3.05) is 7.11 Å². The zero-order valence-corrected chi connectivity index (χ0v) is 12.5. The fraction of sp³-hybridized carbons (Fsp3) is 0.188. The monoisotopic (exact) mass is 318 g/mol. The van der Waals surface area contributed by atoms with Gasteiger partial charge in [0.05, 0.1) is 12.7 Å². The van der Waals surface area contributed by atoms with E-state index in [0.29, 0.717) is 5.56 Å². The van der Waals surface area contributed by atoms with Crippen molar-refractivity contribution in [3.05, 3.63) is 59.2 Å². The molecule has 0 saturated carbocycles. The van der Waals surface area contributed by atoms with Crippen molar-refractivity contribution in [1.29, 1.82) is 0 Å². The fourth-order valence-electron chi connectivity index (χ4n) is 2.06. The molecule has 0 spiro atoms. The summed E-state index contributed by atoms with van der Waals surface area (Å²) in [5.74, 6) is -0.306. The lowest BCUT2D eigenvalue weighted by Crippen LogP contribution is -2.04. The predicted octanol–water partition coefficient (Wildman–Crippen LogP) is 4.34. The summed E-state index contributed by atoms with van der Waals surface area (Å²) in [5, 5.41) is 0.757. The fourth-order valence-corrected chi connectivity index (χ4v) is 2.41. The number of carbonyl (C=O) groups is 1. The van der Waals surface area contributed by atoms with Crippen molar-refractivity contribution in [1.82, 2.24) is 0 Å². The van der Waals surface area contributed by atoms with E-state index in [1.165, 1.54) is 7.11 Å². The minimum atomic E-state index is -0.306. The Labute approximate surface area is 121 Å². The van der Waals surface area contributed by atoms with E-state index in [0.717, 1.165) is 27.6 Å². The Bertz CT molecular complexity index is 605.